The molecule has 0 unspecified atom stereocenters. The average Bonchev–Trinajstić information content (AvgIpc) is 2.97. The van der Waals surface area contributed by atoms with Gasteiger partial charge in [0.05, 0.1) is 0 Å². The van der Waals surface area contributed by atoms with E-state index in [2.05, 4.69) is 22.9 Å². The first-order valence-corrected chi connectivity index (χ1v) is 16.6. The van der Waals surface area contributed by atoms with Gasteiger partial charge in [0.25, 0.3) is 0 Å². The number of nitrogens with one attached hydrogen (secondary N) is 3. The van der Waals surface area contributed by atoms with Crippen molar-refractivity contribution < 1.29 is 34.2 Å². The number of unbranched alkanes of at least 4 members (excludes halogenated alkanes) is 10. The third kappa shape index (κ3) is 18.7. The van der Waals surface area contributed by atoms with Crippen molar-refractivity contribution in [3.05, 3.63) is 29.8 Å². The predicted octanol–water partition coefficient (Wildman–Crippen LogP) is 4.49. The fourth-order valence-corrected chi connectivity index (χ4v) is 5.09. The molecule has 1 aromatic carbocycles. The molecular formula is C34H56N4O7. The van der Waals surface area contributed by atoms with E-state index in [0.717, 1.165) is 19.3 Å². The Hall–Kier alpha value is -3.63. The molecule has 0 aliphatic heterocycles. The van der Waals surface area contributed by atoms with Crippen LogP contribution in [0.3, 0.4) is 0 Å². The molecule has 0 bridgehead atoms. The summed E-state index contributed by atoms with van der Waals surface area (Å²) in [7, 11) is 0. The fraction of sp³-hybridized carbons (Fsp3) is 0.676. The van der Waals surface area contributed by atoms with E-state index in [1.54, 1.807) is 12.1 Å². The van der Waals surface area contributed by atoms with Crippen LogP contribution in [0.4, 0.5) is 0 Å². The number of phenols is 1. The van der Waals surface area contributed by atoms with Crippen LogP contribution in [0, 0.1) is 5.92 Å². The van der Waals surface area contributed by atoms with E-state index in [4.69, 9.17) is 5.73 Å². The zero-order valence-electron chi connectivity index (χ0n) is 27.4. The van der Waals surface area contributed by atoms with Gasteiger partial charge >= 0.3 is 5.97 Å². The van der Waals surface area contributed by atoms with E-state index in [-0.39, 0.29) is 43.3 Å². The molecule has 0 saturated carbocycles. The molecule has 254 valence electrons. The quantitative estimate of drug-likeness (QED) is 0.0857. The van der Waals surface area contributed by atoms with Crippen LogP contribution in [-0.4, -0.2) is 57.9 Å². The Morgan fingerprint density at radius 2 is 1.22 bits per heavy atom. The van der Waals surface area contributed by atoms with Crippen molar-refractivity contribution in [2.45, 2.75) is 142 Å². The lowest BCUT2D eigenvalue weighted by molar-refractivity contribution is -0.138. The first-order valence-electron chi connectivity index (χ1n) is 16.6. The normalized spacial score (nSPS) is 13.1. The van der Waals surface area contributed by atoms with Gasteiger partial charge in [0.15, 0.2) is 0 Å². The van der Waals surface area contributed by atoms with Crippen molar-refractivity contribution in [2.75, 3.05) is 0 Å². The Balaban J connectivity index is 2.81. The summed E-state index contributed by atoms with van der Waals surface area (Å²) in [5.74, 6) is -3.45. The van der Waals surface area contributed by atoms with Crippen LogP contribution in [0.5, 0.6) is 5.75 Å². The average molecular weight is 633 g/mol. The molecule has 45 heavy (non-hydrogen) atoms. The van der Waals surface area contributed by atoms with E-state index >= 15 is 0 Å². The van der Waals surface area contributed by atoms with Crippen molar-refractivity contribution in [2.24, 2.45) is 11.7 Å². The summed E-state index contributed by atoms with van der Waals surface area (Å²) in [4.78, 5) is 62.7. The second-order valence-electron chi connectivity index (χ2n) is 12.4. The highest BCUT2D eigenvalue weighted by Gasteiger charge is 2.30. The maximum atomic E-state index is 13.4. The summed E-state index contributed by atoms with van der Waals surface area (Å²) < 4.78 is 0. The lowest BCUT2D eigenvalue weighted by Gasteiger charge is -2.25. The molecule has 0 heterocycles. The Kier molecular flexibility index (Phi) is 20.0. The zero-order chi connectivity index (χ0) is 33.6. The van der Waals surface area contributed by atoms with Gasteiger partial charge in [-0.05, 0) is 42.9 Å². The smallest absolute Gasteiger partial charge is 0.303 e. The SMILES string of the molecule is CCCCCCCCCCCCCC(=O)N[C@@H](CCC(=O)O)C(=O)N[C@@H](Cc1ccc(O)cc1)C(=O)N[C@@H](CC(C)C)C(N)=O. The van der Waals surface area contributed by atoms with Crippen LogP contribution in [-0.2, 0) is 30.4 Å². The number of primary amides is 1. The minimum atomic E-state index is -1.17. The molecule has 0 saturated heterocycles. The minimum absolute atomic E-state index is 0.0172. The number of carboxylic acids is 1. The molecular weight excluding hydrogens is 576 g/mol. The van der Waals surface area contributed by atoms with Crippen molar-refractivity contribution in [3.63, 3.8) is 0 Å². The van der Waals surface area contributed by atoms with Crippen LogP contribution in [0.2, 0.25) is 0 Å². The number of rotatable bonds is 25. The minimum Gasteiger partial charge on any atom is -0.508 e. The highest BCUT2D eigenvalue weighted by Crippen LogP contribution is 2.14. The highest BCUT2D eigenvalue weighted by atomic mass is 16.4. The Morgan fingerprint density at radius 3 is 1.73 bits per heavy atom. The number of hydrogen-bond donors (Lipinski definition) is 6. The van der Waals surface area contributed by atoms with E-state index in [1.165, 1.54) is 57.1 Å². The molecule has 11 heteroatoms. The van der Waals surface area contributed by atoms with Gasteiger partial charge in [-0.25, -0.2) is 0 Å². The molecule has 1 aromatic rings. The van der Waals surface area contributed by atoms with Crippen LogP contribution in [0.15, 0.2) is 24.3 Å². The van der Waals surface area contributed by atoms with Gasteiger partial charge in [-0.1, -0.05) is 97.1 Å². The molecule has 7 N–H and O–H groups in total. The molecule has 0 aliphatic carbocycles. The Labute approximate surface area is 268 Å². The number of nitrogens with two attached hydrogens (primary N) is 1. The number of aliphatic carboxylic acids is 1. The number of phenolic OH excluding ortho intramolecular Hbond substituents is 1. The summed E-state index contributed by atoms with van der Waals surface area (Å²) in [5.41, 5.74) is 6.12. The zero-order valence-corrected chi connectivity index (χ0v) is 27.4. The first-order chi connectivity index (χ1) is 21.4. The monoisotopic (exact) mass is 632 g/mol. The molecule has 1 rings (SSSR count). The van der Waals surface area contributed by atoms with Crippen molar-refractivity contribution in [1.29, 1.82) is 0 Å². The third-order valence-corrected chi connectivity index (χ3v) is 7.68. The number of amides is 4. The maximum absolute atomic E-state index is 13.4. The van der Waals surface area contributed by atoms with Crippen LogP contribution >= 0.6 is 0 Å². The second kappa shape index (κ2) is 22.8. The molecule has 0 fully saturated rings. The van der Waals surface area contributed by atoms with Gasteiger partial charge in [0.1, 0.15) is 23.9 Å². The molecule has 11 nitrogen and oxygen atoms in total. The molecule has 0 aliphatic rings. The van der Waals surface area contributed by atoms with Crippen molar-refractivity contribution in [1.82, 2.24) is 16.0 Å². The van der Waals surface area contributed by atoms with Crippen LogP contribution in [0.1, 0.15) is 123 Å². The van der Waals surface area contributed by atoms with Gasteiger partial charge in [-0.2, -0.15) is 0 Å². The summed E-state index contributed by atoms with van der Waals surface area (Å²) in [5, 5.41) is 26.8. The summed E-state index contributed by atoms with van der Waals surface area (Å²) in [6.07, 6.45) is 12.5. The number of hydrogen-bond acceptors (Lipinski definition) is 6. The summed E-state index contributed by atoms with van der Waals surface area (Å²) in [6, 6.07) is 2.80. The summed E-state index contributed by atoms with van der Waals surface area (Å²) >= 11 is 0. The van der Waals surface area contributed by atoms with Crippen molar-refractivity contribution >= 4 is 29.6 Å². The van der Waals surface area contributed by atoms with Crippen LogP contribution in [0.25, 0.3) is 0 Å². The van der Waals surface area contributed by atoms with E-state index in [1.807, 2.05) is 13.8 Å². The fourth-order valence-electron chi connectivity index (χ4n) is 5.09. The Morgan fingerprint density at radius 1 is 0.711 bits per heavy atom. The topological polar surface area (TPSA) is 188 Å². The van der Waals surface area contributed by atoms with E-state index in [0.29, 0.717) is 18.4 Å². The highest BCUT2D eigenvalue weighted by molar-refractivity contribution is 5.94. The van der Waals surface area contributed by atoms with Gasteiger partial charge in [-0.3, -0.25) is 24.0 Å². The van der Waals surface area contributed by atoms with Crippen LogP contribution < -0.4 is 21.7 Å². The van der Waals surface area contributed by atoms with Gasteiger partial charge in [0.2, 0.25) is 23.6 Å². The standard InChI is InChI=1S/C34H56N4O7/c1-4-5-6-7-8-9-10-11-12-13-14-15-30(40)36-27(20-21-31(41)42)33(44)38-29(23-25-16-18-26(39)19-17-25)34(45)37-28(32(35)43)22-24(2)3/h16-19,24,27-29,39H,4-15,20-23H2,1-3H3,(H2,35,43)(H,36,40)(H,37,45)(H,38,44)(H,41,42)/t27-,28-,29-/m0/s1. The number of carboxylic acid groups (broad SMARTS) is 1. The lowest BCUT2D eigenvalue weighted by atomic mass is 10.0. The van der Waals surface area contributed by atoms with Gasteiger partial charge < -0.3 is 31.9 Å². The van der Waals surface area contributed by atoms with Crippen molar-refractivity contribution in [3.8, 4) is 5.75 Å². The molecule has 0 spiro atoms. The number of aromatic hydroxyl groups is 1. The van der Waals surface area contributed by atoms with Gasteiger partial charge in [-0.15, -0.1) is 0 Å². The third-order valence-electron chi connectivity index (χ3n) is 7.68. The predicted molar refractivity (Wildman–Crippen MR) is 174 cm³/mol. The molecule has 0 radical (unpaired) electrons. The molecule has 4 amide bonds. The van der Waals surface area contributed by atoms with E-state index in [9.17, 15) is 34.2 Å². The number of carbonyl (C=O) groups is 5. The summed E-state index contributed by atoms with van der Waals surface area (Å²) in [6.45, 7) is 5.97. The van der Waals surface area contributed by atoms with E-state index < -0.39 is 41.8 Å². The molecule has 3 atom stereocenters. The largest absolute Gasteiger partial charge is 0.508 e. The number of carbonyl (C=O) groups excluding carboxylic acids is 4. The lowest BCUT2D eigenvalue weighted by Crippen LogP contribution is -2.57. The second-order valence-corrected chi connectivity index (χ2v) is 12.4. The van der Waals surface area contributed by atoms with Gasteiger partial charge in [0, 0.05) is 19.3 Å². The Bertz CT molecular complexity index is 1050. The molecule has 0 aromatic heterocycles. The first kappa shape index (κ1) is 39.4. The maximum Gasteiger partial charge on any atom is 0.303 e. The number of benzene rings is 1.